The number of hydrogen-bond acceptors (Lipinski definition) is 4. The highest BCUT2D eigenvalue weighted by Gasteiger charge is 2.27. The van der Waals surface area contributed by atoms with Crippen LogP contribution in [0.4, 0.5) is 5.69 Å². The number of nitrogens with zero attached hydrogens (tertiary/aromatic N) is 1. The fraction of sp³-hybridized carbons (Fsp3) is 0.300. The Morgan fingerprint density at radius 3 is 2.89 bits per heavy atom. The number of anilines is 1. The lowest BCUT2D eigenvalue weighted by Gasteiger charge is -2.22. The second-order valence-electron chi connectivity index (χ2n) is 3.74. The molecule has 2 rings (SSSR count). The summed E-state index contributed by atoms with van der Waals surface area (Å²) in [6, 6.07) is 4.46. The average Bonchev–Trinajstić information content (AvgIpc) is 2.29. The zero-order chi connectivity index (χ0) is 13.3. The number of halogens is 1. The summed E-state index contributed by atoms with van der Waals surface area (Å²) in [7, 11) is -3.71. The first-order chi connectivity index (χ1) is 8.42. The minimum Gasteiger partial charge on any atom is -0.372 e. The van der Waals surface area contributed by atoms with Gasteiger partial charge in [0.25, 0.3) is 10.0 Å². The van der Waals surface area contributed by atoms with Crippen LogP contribution in [0.1, 0.15) is 13.3 Å². The maximum Gasteiger partial charge on any atom is 0.266 e. The Labute approximate surface area is 110 Å². The van der Waals surface area contributed by atoms with Crippen molar-refractivity contribution in [1.82, 2.24) is 4.72 Å². The number of aliphatic hydroxyl groups is 1. The molecule has 0 fully saturated rings. The molecule has 1 heterocycles. The lowest BCUT2D eigenvalue weighted by Crippen LogP contribution is -2.41. The number of sulfonamides is 1. The molecular weight excluding hydrogens is 278 g/mol. The second kappa shape index (κ2) is 4.75. The van der Waals surface area contributed by atoms with Crippen LogP contribution < -0.4 is 10.0 Å². The van der Waals surface area contributed by atoms with E-state index in [1.165, 1.54) is 6.07 Å². The van der Waals surface area contributed by atoms with Gasteiger partial charge in [0.1, 0.15) is 11.1 Å². The van der Waals surface area contributed by atoms with Crippen molar-refractivity contribution >= 4 is 33.3 Å². The van der Waals surface area contributed by atoms with Crippen LogP contribution in [-0.4, -0.2) is 25.7 Å². The molecule has 0 saturated heterocycles. The lowest BCUT2D eigenvalue weighted by atomic mass is 10.3. The van der Waals surface area contributed by atoms with Gasteiger partial charge in [0, 0.05) is 5.02 Å². The summed E-state index contributed by atoms with van der Waals surface area (Å²) in [6.07, 6.45) is -0.565. The summed E-state index contributed by atoms with van der Waals surface area (Å²) >= 11 is 5.76. The van der Waals surface area contributed by atoms with Gasteiger partial charge in [0.05, 0.1) is 5.69 Å². The molecular formula is C10H12ClN3O3S. The van der Waals surface area contributed by atoms with Gasteiger partial charge in [-0.15, -0.1) is 0 Å². The Kier molecular flexibility index (Phi) is 3.47. The first-order valence-corrected chi connectivity index (χ1v) is 7.14. The van der Waals surface area contributed by atoms with Gasteiger partial charge in [-0.3, -0.25) is 0 Å². The fourth-order valence-corrected chi connectivity index (χ4v) is 2.85. The summed E-state index contributed by atoms with van der Waals surface area (Å²) in [4.78, 5) is 3.86. The number of rotatable bonds is 2. The highest BCUT2D eigenvalue weighted by atomic mass is 35.5. The smallest absolute Gasteiger partial charge is 0.266 e. The van der Waals surface area contributed by atoms with Gasteiger partial charge in [0.15, 0.2) is 0 Å². The molecule has 0 aliphatic carbocycles. The van der Waals surface area contributed by atoms with E-state index in [0.717, 1.165) is 0 Å². The molecule has 0 radical (unpaired) electrons. The number of benzene rings is 1. The third kappa shape index (κ3) is 2.58. The van der Waals surface area contributed by atoms with Gasteiger partial charge >= 0.3 is 0 Å². The molecule has 0 spiro atoms. The van der Waals surface area contributed by atoms with Crippen LogP contribution >= 0.6 is 11.6 Å². The molecule has 3 N–H and O–H groups in total. The minimum absolute atomic E-state index is 0.000766. The predicted molar refractivity (Wildman–Crippen MR) is 69.1 cm³/mol. The van der Waals surface area contributed by atoms with Gasteiger partial charge < -0.3 is 10.4 Å². The lowest BCUT2D eigenvalue weighted by molar-refractivity contribution is 0.180. The molecule has 8 heteroatoms. The fourth-order valence-electron chi connectivity index (χ4n) is 1.46. The number of nitrogens with one attached hydrogen (secondary N) is 2. The molecule has 0 amide bonds. The van der Waals surface area contributed by atoms with E-state index in [1.807, 2.05) is 0 Å². The van der Waals surface area contributed by atoms with E-state index in [0.29, 0.717) is 17.1 Å². The van der Waals surface area contributed by atoms with Crippen molar-refractivity contribution in [3.63, 3.8) is 0 Å². The van der Waals surface area contributed by atoms with Gasteiger partial charge in [-0.25, -0.2) is 18.1 Å². The Balaban J connectivity index is 2.45. The number of guanidine groups is 1. The van der Waals surface area contributed by atoms with Crippen LogP contribution in [-0.2, 0) is 10.0 Å². The summed E-state index contributed by atoms with van der Waals surface area (Å²) in [5.74, 6) is -0.000766. The first kappa shape index (κ1) is 13.1. The van der Waals surface area contributed by atoms with E-state index in [4.69, 9.17) is 11.6 Å². The minimum atomic E-state index is -3.71. The molecule has 1 aliphatic rings. The summed E-state index contributed by atoms with van der Waals surface area (Å²) in [5.41, 5.74) is 0.375. The zero-order valence-electron chi connectivity index (χ0n) is 9.51. The number of fused-ring (bicyclic) bond motifs is 1. The molecule has 0 saturated carbocycles. The van der Waals surface area contributed by atoms with Crippen molar-refractivity contribution in [2.45, 2.75) is 24.5 Å². The van der Waals surface area contributed by atoms with Crippen LogP contribution in [0.2, 0.25) is 5.02 Å². The standard InChI is InChI=1S/C10H12ClN3O3S/c1-2-9(15)13-10-12-7-4-3-6(11)5-8(7)18(16,17)14-10/h3-5,9,15H,2H2,1H3,(H2,12,13,14). The van der Waals surface area contributed by atoms with Gasteiger partial charge in [-0.2, -0.15) is 0 Å². The molecule has 0 bridgehead atoms. The van der Waals surface area contributed by atoms with Gasteiger partial charge in [0.2, 0.25) is 5.96 Å². The van der Waals surface area contributed by atoms with E-state index in [-0.39, 0.29) is 10.9 Å². The molecule has 98 valence electrons. The maximum absolute atomic E-state index is 11.9. The van der Waals surface area contributed by atoms with Crippen molar-refractivity contribution in [3.05, 3.63) is 23.2 Å². The van der Waals surface area contributed by atoms with Gasteiger partial charge in [-0.05, 0) is 24.6 Å². The average molecular weight is 290 g/mol. The van der Waals surface area contributed by atoms with E-state index in [1.54, 1.807) is 19.1 Å². The third-order valence-electron chi connectivity index (χ3n) is 2.36. The van der Waals surface area contributed by atoms with Crippen LogP contribution in [0.25, 0.3) is 0 Å². The summed E-state index contributed by atoms with van der Waals surface area (Å²) in [6.45, 7) is 1.74. The monoisotopic (exact) mass is 289 g/mol. The Bertz CT molecular complexity index is 600. The molecule has 1 aliphatic heterocycles. The van der Waals surface area contributed by atoms with Gasteiger partial charge in [-0.1, -0.05) is 18.5 Å². The first-order valence-electron chi connectivity index (χ1n) is 5.27. The predicted octanol–water partition coefficient (Wildman–Crippen LogP) is 1.13. The maximum atomic E-state index is 11.9. The molecule has 1 aromatic rings. The van der Waals surface area contributed by atoms with Crippen LogP contribution in [0, 0.1) is 0 Å². The molecule has 18 heavy (non-hydrogen) atoms. The molecule has 0 aromatic heterocycles. The van der Waals surface area contributed by atoms with Crippen LogP contribution in [0.3, 0.4) is 0 Å². The van der Waals surface area contributed by atoms with Crippen molar-refractivity contribution in [1.29, 1.82) is 0 Å². The zero-order valence-corrected chi connectivity index (χ0v) is 11.1. The summed E-state index contributed by atoms with van der Waals surface area (Å²) in [5, 5.41) is 12.5. The SMILES string of the molecule is CCC(O)/N=C1/Nc2ccc(Cl)cc2S(=O)(=O)N1. The normalized spacial score (nSPS) is 20.7. The highest BCUT2D eigenvalue weighted by molar-refractivity contribution is 7.90. The van der Waals surface area contributed by atoms with Crippen molar-refractivity contribution < 1.29 is 13.5 Å². The van der Waals surface area contributed by atoms with E-state index in [9.17, 15) is 13.5 Å². The topological polar surface area (TPSA) is 90.8 Å². The van der Waals surface area contributed by atoms with Crippen LogP contribution in [0.5, 0.6) is 0 Å². The highest BCUT2D eigenvalue weighted by Crippen LogP contribution is 2.27. The molecule has 1 unspecified atom stereocenters. The van der Waals surface area contributed by atoms with E-state index in [2.05, 4.69) is 15.0 Å². The van der Waals surface area contributed by atoms with Crippen molar-refractivity contribution in [2.75, 3.05) is 5.32 Å². The van der Waals surface area contributed by atoms with Crippen molar-refractivity contribution in [2.24, 2.45) is 4.99 Å². The van der Waals surface area contributed by atoms with Crippen molar-refractivity contribution in [3.8, 4) is 0 Å². The summed E-state index contributed by atoms with van der Waals surface area (Å²) < 4.78 is 26.1. The number of hydrogen-bond donors (Lipinski definition) is 3. The number of aliphatic hydroxyl groups excluding tert-OH is 1. The number of aliphatic imine (C=N–C) groups is 1. The molecule has 1 aromatic carbocycles. The Morgan fingerprint density at radius 2 is 2.22 bits per heavy atom. The second-order valence-corrected chi connectivity index (χ2v) is 5.82. The van der Waals surface area contributed by atoms with E-state index >= 15 is 0 Å². The molecule has 1 atom stereocenters. The quantitative estimate of drug-likeness (QED) is 0.761. The Morgan fingerprint density at radius 1 is 1.50 bits per heavy atom. The van der Waals surface area contributed by atoms with E-state index < -0.39 is 16.3 Å². The van der Waals surface area contributed by atoms with Crippen LogP contribution in [0.15, 0.2) is 28.1 Å². The molecule has 6 nitrogen and oxygen atoms in total. The third-order valence-corrected chi connectivity index (χ3v) is 3.97. The Hall–Kier alpha value is -1.31. The largest absolute Gasteiger partial charge is 0.372 e.